The molecule has 2 aliphatic rings. The summed E-state index contributed by atoms with van der Waals surface area (Å²) in [5, 5.41) is 7.95. The van der Waals surface area contributed by atoms with Crippen LogP contribution in [-0.4, -0.2) is 28.5 Å². The van der Waals surface area contributed by atoms with Gasteiger partial charge in [0, 0.05) is 6.04 Å². The van der Waals surface area contributed by atoms with Crippen LogP contribution in [0.5, 0.6) is 5.75 Å². The minimum absolute atomic E-state index is 0.426. The van der Waals surface area contributed by atoms with Crippen molar-refractivity contribution in [2.24, 2.45) is 0 Å². The normalized spacial score (nSPS) is 25.4. The number of hydrogen-bond acceptors (Lipinski definition) is 3. The van der Waals surface area contributed by atoms with Gasteiger partial charge < -0.3 is 10.1 Å². The van der Waals surface area contributed by atoms with Gasteiger partial charge in [-0.3, -0.25) is 4.68 Å². The molecule has 0 radical (unpaired) electrons. The Kier molecular flexibility index (Phi) is 3.84. The maximum absolute atomic E-state index is 5.94. The lowest BCUT2D eigenvalue weighted by Gasteiger charge is -2.23. The van der Waals surface area contributed by atoms with Crippen molar-refractivity contribution >= 4 is 0 Å². The molecule has 1 saturated carbocycles. The average Bonchev–Trinajstić information content (AvgIpc) is 3.03. The molecular formula is C14H23N3O. The molecular weight excluding hydrogens is 226 g/mol. The number of nitrogens with zero attached hydrogens (tertiary/aromatic N) is 2. The second-order valence-electron chi connectivity index (χ2n) is 5.57. The first-order valence-corrected chi connectivity index (χ1v) is 7.33. The molecule has 0 bridgehead atoms. The second-order valence-corrected chi connectivity index (χ2v) is 5.57. The fraction of sp³-hybridized carbons (Fsp3) is 0.786. The van der Waals surface area contributed by atoms with Gasteiger partial charge in [0.1, 0.15) is 0 Å². The first kappa shape index (κ1) is 12.0. The van der Waals surface area contributed by atoms with E-state index in [1.54, 1.807) is 0 Å². The number of hydrogen-bond donors (Lipinski definition) is 1. The molecule has 100 valence electrons. The molecule has 1 aromatic heterocycles. The summed E-state index contributed by atoms with van der Waals surface area (Å²) in [6.07, 6.45) is 13.3. The van der Waals surface area contributed by atoms with E-state index >= 15 is 0 Å². The minimum atomic E-state index is 0.426. The fourth-order valence-electron chi connectivity index (χ4n) is 3.01. The van der Waals surface area contributed by atoms with Crippen LogP contribution in [0.4, 0.5) is 0 Å². The van der Waals surface area contributed by atoms with Gasteiger partial charge in [-0.05, 0) is 45.1 Å². The summed E-state index contributed by atoms with van der Waals surface area (Å²) in [7, 11) is 0. The van der Waals surface area contributed by atoms with E-state index in [-0.39, 0.29) is 0 Å². The number of nitrogens with one attached hydrogen (secondary N) is 1. The van der Waals surface area contributed by atoms with Crippen molar-refractivity contribution in [1.29, 1.82) is 0 Å². The molecule has 1 aliphatic heterocycles. The highest BCUT2D eigenvalue weighted by molar-refractivity contribution is 5.12. The summed E-state index contributed by atoms with van der Waals surface area (Å²) >= 11 is 0. The summed E-state index contributed by atoms with van der Waals surface area (Å²) in [6.45, 7) is 2.12. The number of piperidine rings is 1. The van der Waals surface area contributed by atoms with Crippen LogP contribution in [0.3, 0.4) is 0 Å². The van der Waals surface area contributed by atoms with E-state index in [1.165, 1.54) is 44.9 Å². The molecule has 4 heteroatoms. The number of aromatic nitrogens is 2. The zero-order valence-corrected chi connectivity index (χ0v) is 11.0. The van der Waals surface area contributed by atoms with Crippen molar-refractivity contribution in [3.05, 3.63) is 12.4 Å². The predicted octanol–water partition coefficient (Wildman–Crippen LogP) is 2.35. The van der Waals surface area contributed by atoms with E-state index in [2.05, 4.69) is 16.6 Å². The van der Waals surface area contributed by atoms with Crippen LogP contribution in [0.2, 0.25) is 0 Å². The van der Waals surface area contributed by atoms with Gasteiger partial charge in [0.2, 0.25) is 0 Å². The van der Waals surface area contributed by atoms with Gasteiger partial charge in [-0.25, -0.2) is 0 Å². The van der Waals surface area contributed by atoms with E-state index in [0.717, 1.165) is 18.8 Å². The van der Waals surface area contributed by atoms with Crippen molar-refractivity contribution in [3.63, 3.8) is 0 Å². The minimum Gasteiger partial charge on any atom is -0.487 e. The van der Waals surface area contributed by atoms with Gasteiger partial charge in [-0.15, -0.1) is 0 Å². The van der Waals surface area contributed by atoms with Crippen molar-refractivity contribution in [1.82, 2.24) is 15.1 Å². The molecule has 0 spiro atoms. The lowest BCUT2D eigenvalue weighted by Crippen LogP contribution is -2.37. The molecule has 1 N–H and O–H groups in total. The van der Waals surface area contributed by atoms with Crippen LogP contribution in [-0.2, 0) is 6.54 Å². The van der Waals surface area contributed by atoms with Gasteiger partial charge in [0.25, 0.3) is 0 Å². The third-order valence-corrected chi connectivity index (χ3v) is 4.03. The molecule has 1 atom stereocenters. The molecule has 1 aromatic rings. The maximum atomic E-state index is 5.94. The Morgan fingerprint density at radius 2 is 2.06 bits per heavy atom. The van der Waals surface area contributed by atoms with Crippen LogP contribution in [0.1, 0.15) is 44.9 Å². The summed E-state index contributed by atoms with van der Waals surface area (Å²) in [5.74, 6) is 0.942. The van der Waals surface area contributed by atoms with E-state index in [4.69, 9.17) is 4.74 Å². The summed E-state index contributed by atoms with van der Waals surface area (Å²) in [5.41, 5.74) is 0. The van der Waals surface area contributed by atoms with Crippen LogP contribution in [0.25, 0.3) is 0 Å². The Morgan fingerprint density at radius 3 is 2.83 bits per heavy atom. The van der Waals surface area contributed by atoms with E-state index in [1.807, 2.05) is 10.9 Å². The van der Waals surface area contributed by atoms with Crippen LogP contribution in [0, 0.1) is 0 Å². The van der Waals surface area contributed by atoms with Gasteiger partial charge in [0.15, 0.2) is 5.75 Å². The molecule has 18 heavy (non-hydrogen) atoms. The molecule has 1 saturated heterocycles. The lowest BCUT2D eigenvalue weighted by atomic mass is 10.1. The third-order valence-electron chi connectivity index (χ3n) is 4.03. The largest absolute Gasteiger partial charge is 0.487 e. The lowest BCUT2D eigenvalue weighted by molar-refractivity contribution is 0.209. The number of rotatable bonds is 4. The molecule has 2 heterocycles. The molecule has 0 amide bonds. The van der Waals surface area contributed by atoms with Crippen LogP contribution in [0.15, 0.2) is 12.4 Å². The van der Waals surface area contributed by atoms with Gasteiger partial charge in [-0.2, -0.15) is 5.10 Å². The second kappa shape index (κ2) is 5.74. The van der Waals surface area contributed by atoms with Gasteiger partial charge in [0.05, 0.1) is 25.0 Å². The van der Waals surface area contributed by atoms with Crippen molar-refractivity contribution in [2.75, 3.05) is 6.54 Å². The smallest absolute Gasteiger partial charge is 0.157 e. The predicted molar refractivity (Wildman–Crippen MR) is 70.8 cm³/mol. The average molecular weight is 249 g/mol. The molecule has 3 rings (SSSR count). The first-order valence-electron chi connectivity index (χ1n) is 7.33. The van der Waals surface area contributed by atoms with E-state index in [0.29, 0.717) is 12.1 Å². The SMILES string of the molecule is c1nn(CC2CCCCN2)cc1OC1CCCC1. The topological polar surface area (TPSA) is 39.1 Å². The van der Waals surface area contributed by atoms with Crippen molar-refractivity contribution in [3.8, 4) is 5.75 Å². The molecule has 2 fully saturated rings. The highest BCUT2D eigenvalue weighted by atomic mass is 16.5. The van der Waals surface area contributed by atoms with Gasteiger partial charge in [-0.1, -0.05) is 6.42 Å². The molecule has 4 nitrogen and oxygen atoms in total. The monoisotopic (exact) mass is 249 g/mol. The third kappa shape index (κ3) is 3.05. The zero-order chi connectivity index (χ0) is 12.2. The van der Waals surface area contributed by atoms with Crippen molar-refractivity contribution in [2.45, 2.75) is 63.6 Å². The van der Waals surface area contributed by atoms with Gasteiger partial charge >= 0.3 is 0 Å². The van der Waals surface area contributed by atoms with E-state index < -0.39 is 0 Å². The van der Waals surface area contributed by atoms with Crippen molar-refractivity contribution < 1.29 is 4.74 Å². The Morgan fingerprint density at radius 1 is 1.22 bits per heavy atom. The Hall–Kier alpha value is -1.03. The first-order chi connectivity index (χ1) is 8.90. The summed E-state index contributed by atoms with van der Waals surface area (Å²) < 4.78 is 7.96. The van der Waals surface area contributed by atoms with E-state index in [9.17, 15) is 0 Å². The Balaban J connectivity index is 1.52. The maximum Gasteiger partial charge on any atom is 0.157 e. The summed E-state index contributed by atoms with van der Waals surface area (Å²) in [4.78, 5) is 0. The van der Waals surface area contributed by atoms with Crippen LogP contribution < -0.4 is 10.1 Å². The molecule has 1 unspecified atom stereocenters. The molecule has 0 aromatic carbocycles. The quantitative estimate of drug-likeness (QED) is 0.890. The molecule has 1 aliphatic carbocycles. The number of ether oxygens (including phenoxy) is 1. The Bertz CT molecular complexity index is 365. The van der Waals surface area contributed by atoms with Crippen LogP contribution >= 0.6 is 0 Å². The highest BCUT2D eigenvalue weighted by Crippen LogP contribution is 2.23. The Labute approximate surface area is 109 Å². The standard InChI is InChI=1S/C14H23N3O/c1-2-7-13(6-1)18-14-9-16-17(11-14)10-12-5-3-4-8-15-12/h9,11-13,15H,1-8,10H2. The fourth-order valence-corrected chi connectivity index (χ4v) is 3.01. The zero-order valence-electron chi connectivity index (χ0n) is 11.0. The summed E-state index contributed by atoms with van der Waals surface area (Å²) in [6, 6.07) is 0.581. The highest BCUT2D eigenvalue weighted by Gasteiger charge is 2.18.